The van der Waals surface area contributed by atoms with Crippen molar-refractivity contribution in [2.45, 2.75) is 31.3 Å². The summed E-state index contributed by atoms with van der Waals surface area (Å²) in [5.74, 6) is 1.13. The Balaban J connectivity index is 1.81. The van der Waals surface area contributed by atoms with Crippen LogP contribution in [0.25, 0.3) is 0 Å². The van der Waals surface area contributed by atoms with Crippen LogP contribution in [0.2, 0.25) is 0 Å². The molecule has 2 aromatic rings. The third-order valence-electron chi connectivity index (χ3n) is 3.43. The first-order valence-corrected chi connectivity index (χ1v) is 6.65. The molecule has 1 aliphatic heterocycles. The molecule has 2 unspecified atom stereocenters. The van der Waals surface area contributed by atoms with Gasteiger partial charge >= 0.3 is 0 Å². The van der Waals surface area contributed by atoms with Gasteiger partial charge in [0.2, 0.25) is 5.89 Å². The third kappa shape index (κ3) is 2.87. The molecule has 0 saturated heterocycles. The maximum atomic E-state index is 12.3. The molecule has 3 rings (SSSR count). The van der Waals surface area contributed by atoms with Gasteiger partial charge in [-0.05, 0) is 12.5 Å². The first kappa shape index (κ1) is 13.9. The highest BCUT2D eigenvalue weighted by Gasteiger charge is 2.28. The fourth-order valence-corrected chi connectivity index (χ4v) is 2.37. The number of halogens is 2. The van der Waals surface area contributed by atoms with Crippen molar-refractivity contribution in [3.8, 4) is 5.75 Å². The van der Waals surface area contributed by atoms with Crippen LogP contribution in [0, 0.1) is 0 Å². The quantitative estimate of drug-likeness (QED) is 0.936. The second-order valence-electron chi connectivity index (χ2n) is 4.88. The molecule has 1 aromatic carbocycles. The van der Waals surface area contributed by atoms with E-state index in [0.717, 1.165) is 11.3 Å². The van der Waals surface area contributed by atoms with E-state index >= 15 is 0 Å². The van der Waals surface area contributed by atoms with E-state index in [4.69, 9.17) is 14.4 Å². The fraction of sp³-hybridized carbons (Fsp3) is 0.429. The van der Waals surface area contributed by atoms with Crippen LogP contribution in [0.1, 0.15) is 29.6 Å². The average molecular weight is 296 g/mol. The Labute approximate surface area is 119 Å². The molecule has 0 radical (unpaired) electrons. The molecule has 7 heteroatoms. The lowest BCUT2D eigenvalue weighted by Crippen LogP contribution is -2.20. The van der Waals surface area contributed by atoms with Gasteiger partial charge in [0.25, 0.3) is 6.43 Å². The monoisotopic (exact) mass is 296 g/mol. The maximum Gasteiger partial charge on any atom is 0.264 e. The van der Waals surface area contributed by atoms with Gasteiger partial charge in [0, 0.05) is 5.56 Å². The molecule has 0 spiro atoms. The number of aliphatic hydroxyl groups excluding tert-OH is 1. The Morgan fingerprint density at radius 2 is 2.14 bits per heavy atom. The van der Waals surface area contributed by atoms with Gasteiger partial charge in [0.05, 0.1) is 18.9 Å². The van der Waals surface area contributed by atoms with Crippen LogP contribution in [-0.2, 0) is 6.42 Å². The molecule has 0 aliphatic carbocycles. The van der Waals surface area contributed by atoms with E-state index in [-0.39, 0.29) is 18.2 Å². The summed E-state index contributed by atoms with van der Waals surface area (Å²) in [6.45, 7) is 0.533. The maximum absolute atomic E-state index is 12.3. The normalized spacial score (nSPS) is 19.1. The average Bonchev–Trinajstić information content (AvgIpc) is 2.95. The van der Waals surface area contributed by atoms with Crippen molar-refractivity contribution in [1.82, 2.24) is 10.1 Å². The van der Waals surface area contributed by atoms with Crippen molar-refractivity contribution >= 4 is 0 Å². The van der Waals surface area contributed by atoms with Gasteiger partial charge in [-0.1, -0.05) is 23.4 Å². The molecule has 2 heterocycles. The molecule has 0 saturated carbocycles. The number of benzene rings is 1. The van der Waals surface area contributed by atoms with Crippen molar-refractivity contribution < 1.29 is 23.1 Å². The number of nitrogens with zero attached hydrogens (tertiary/aromatic N) is 2. The molecule has 1 N–H and O–H groups in total. The number of aliphatic hydroxyl groups is 1. The van der Waals surface area contributed by atoms with Gasteiger partial charge in [-0.2, -0.15) is 4.98 Å². The minimum atomic E-state index is -2.83. The second kappa shape index (κ2) is 5.77. The standard InChI is InChI=1S/C14H14F2N2O3/c15-13(16)10(19)7-12-17-14(18-21-12)9-5-6-20-11-4-2-1-3-8(9)11/h1-4,9-10,13,19H,5-7H2. The zero-order valence-electron chi connectivity index (χ0n) is 11.1. The molecule has 1 aliphatic rings. The zero-order valence-corrected chi connectivity index (χ0v) is 11.1. The summed E-state index contributed by atoms with van der Waals surface area (Å²) in [5.41, 5.74) is 0.950. The SMILES string of the molecule is OC(Cc1nc(C2CCOc3ccccc32)no1)C(F)F. The van der Waals surface area contributed by atoms with E-state index in [1.807, 2.05) is 24.3 Å². The Kier molecular flexibility index (Phi) is 3.83. The summed E-state index contributed by atoms with van der Waals surface area (Å²) in [6, 6.07) is 7.55. The summed E-state index contributed by atoms with van der Waals surface area (Å²) >= 11 is 0. The summed E-state index contributed by atoms with van der Waals surface area (Å²) < 4.78 is 35.1. The number of ether oxygens (including phenoxy) is 1. The smallest absolute Gasteiger partial charge is 0.264 e. The zero-order chi connectivity index (χ0) is 14.8. The van der Waals surface area contributed by atoms with Crippen LogP contribution in [0.15, 0.2) is 28.8 Å². The Bertz CT molecular complexity index is 618. The first-order chi connectivity index (χ1) is 10.1. The van der Waals surface area contributed by atoms with E-state index in [1.54, 1.807) is 0 Å². The third-order valence-corrected chi connectivity index (χ3v) is 3.43. The van der Waals surface area contributed by atoms with Gasteiger partial charge in [0.1, 0.15) is 11.9 Å². The Morgan fingerprint density at radius 1 is 1.33 bits per heavy atom. The molecule has 0 bridgehead atoms. The molecule has 2 atom stereocenters. The second-order valence-corrected chi connectivity index (χ2v) is 4.88. The number of rotatable bonds is 4. The van der Waals surface area contributed by atoms with E-state index in [9.17, 15) is 8.78 Å². The van der Waals surface area contributed by atoms with Gasteiger partial charge in [-0.25, -0.2) is 8.78 Å². The molecule has 0 amide bonds. The number of alkyl halides is 2. The van der Waals surface area contributed by atoms with Gasteiger partial charge in [0.15, 0.2) is 5.82 Å². The molecule has 1 aromatic heterocycles. The van der Waals surface area contributed by atoms with E-state index in [0.29, 0.717) is 18.9 Å². The molecule has 21 heavy (non-hydrogen) atoms. The summed E-state index contributed by atoms with van der Waals surface area (Å²) in [6.07, 6.45) is -4.28. The molecule has 5 nitrogen and oxygen atoms in total. The highest BCUT2D eigenvalue weighted by Crippen LogP contribution is 2.36. The first-order valence-electron chi connectivity index (χ1n) is 6.65. The largest absolute Gasteiger partial charge is 0.493 e. The Hall–Kier alpha value is -2.02. The van der Waals surface area contributed by atoms with Crippen molar-refractivity contribution in [2.24, 2.45) is 0 Å². The van der Waals surface area contributed by atoms with E-state index in [1.165, 1.54) is 0 Å². The lowest BCUT2D eigenvalue weighted by Gasteiger charge is -2.23. The van der Waals surface area contributed by atoms with Crippen LogP contribution >= 0.6 is 0 Å². The van der Waals surface area contributed by atoms with Gasteiger partial charge in [-0.15, -0.1) is 0 Å². The highest BCUT2D eigenvalue weighted by molar-refractivity contribution is 5.40. The number of hydrogen-bond acceptors (Lipinski definition) is 5. The van der Waals surface area contributed by atoms with Crippen LogP contribution in [-0.4, -0.2) is 34.4 Å². The van der Waals surface area contributed by atoms with Crippen molar-refractivity contribution in [2.75, 3.05) is 6.61 Å². The lowest BCUT2D eigenvalue weighted by molar-refractivity contribution is -0.00754. The molecular formula is C14H14F2N2O3. The number of fused-ring (bicyclic) bond motifs is 1. The van der Waals surface area contributed by atoms with Crippen molar-refractivity contribution in [3.63, 3.8) is 0 Å². The van der Waals surface area contributed by atoms with Crippen LogP contribution in [0.5, 0.6) is 5.75 Å². The number of para-hydroxylation sites is 1. The summed E-state index contributed by atoms with van der Waals surface area (Å²) in [4.78, 5) is 4.13. The van der Waals surface area contributed by atoms with Crippen molar-refractivity contribution in [3.05, 3.63) is 41.5 Å². The van der Waals surface area contributed by atoms with E-state index in [2.05, 4.69) is 10.1 Å². The molecule has 112 valence electrons. The number of aromatic nitrogens is 2. The fourth-order valence-electron chi connectivity index (χ4n) is 2.37. The number of hydrogen-bond donors (Lipinski definition) is 1. The summed E-state index contributed by atoms with van der Waals surface area (Å²) in [7, 11) is 0. The van der Waals surface area contributed by atoms with E-state index < -0.39 is 12.5 Å². The lowest BCUT2D eigenvalue weighted by atomic mass is 9.92. The predicted molar refractivity (Wildman–Crippen MR) is 68.4 cm³/mol. The van der Waals surface area contributed by atoms with Gasteiger partial charge in [-0.3, -0.25) is 0 Å². The molecular weight excluding hydrogens is 282 g/mol. The van der Waals surface area contributed by atoms with Crippen molar-refractivity contribution in [1.29, 1.82) is 0 Å². The van der Waals surface area contributed by atoms with Crippen LogP contribution in [0.3, 0.4) is 0 Å². The minimum Gasteiger partial charge on any atom is -0.493 e. The predicted octanol–water partition coefficient (Wildman–Crippen LogP) is 2.15. The minimum absolute atomic E-state index is 0.0155. The van der Waals surface area contributed by atoms with Crippen LogP contribution in [0.4, 0.5) is 8.78 Å². The highest BCUT2D eigenvalue weighted by atomic mass is 19.3. The summed E-state index contributed by atoms with van der Waals surface area (Å²) in [5, 5.41) is 13.0. The van der Waals surface area contributed by atoms with Gasteiger partial charge < -0.3 is 14.4 Å². The van der Waals surface area contributed by atoms with Crippen LogP contribution < -0.4 is 4.74 Å². The topological polar surface area (TPSA) is 68.4 Å². The molecule has 0 fully saturated rings. The Morgan fingerprint density at radius 3 is 2.95 bits per heavy atom.